The van der Waals surface area contributed by atoms with Crippen molar-refractivity contribution in [1.82, 2.24) is 9.88 Å². The quantitative estimate of drug-likeness (QED) is 0.942. The lowest BCUT2D eigenvalue weighted by molar-refractivity contribution is -0.137. The van der Waals surface area contributed by atoms with Crippen molar-refractivity contribution in [3.63, 3.8) is 0 Å². The fourth-order valence-electron chi connectivity index (χ4n) is 3.26. The maximum Gasteiger partial charge on any atom is 0.223 e. The average molecular weight is 283 g/mol. The molecule has 2 atom stereocenters. The van der Waals surface area contributed by atoms with Gasteiger partial charge in [0.1, 0.15) is 0 Å². The Morgan fingerprint density at radius 1 is 1.33 bits per heavy atom. The molecule has 2 heterocycles. The Morgan fingerprint density at radius 3 is 2.95 bits per heavy atom. The van der Waals surface area contributed by atoms with Gasteiger partial charge in [-0.1, -0.05) is 31.2 Å². The molecular weight excluding hydrogens is 262 g/mol. The van der Waals surface area contributed by atoms with E-state index in [1.807, 2.05) is 35.5 Å². The van der Waals surface area contributed by atoms with E-state index in [1.54, 1.807) is 0 Å². The molecule has 2 unspecified atom stereocenters. The number of likely N-dealkylation sites (tertiary alicyclic amines) is 1. The number of pyridine rings is 1. The molecule has 1 fully saturated rings. The molecule has 1 aromatic heterocycles. The van der Waals surface area contributed by atoms with Crippen LogP contribution in [0.25, 0.3) is 10.8 Å². The van der Waals surface area contributed by atoms with Gasteiger partial charge in [-0.25, -0.2) is 0 Å². The molecule has 0 spiro atoms. The molecule has 0 aliphatic carbocycles. The van der Waals surface area contributed by atoms with Crippen LogP contribution >= 0.6 is 0 Å². The number of nitrogens with zero attached hydrogens (tertiary/aromatic N) is 2. The van der Waals surface area contributed by atoms with E-state index in [1.165, 1.54) is 0 Å². The molecule has 1 saturated heterocycles. The van der Waals surface area contributed by atoms with Gasteiger partial charge in [0.05, 0.1) is 6.04 Å². The maximum absolute atomic E-state index is 12.3. The van der Waals surface area contributed by atoms with Crippen molar-refractivity contribution in [2.24, 2.45) is 5.73 Å². The van der Waals surface area contributed by atoms with Crippen molar-refractivity contribution >= 4 is 16.7 Å². The molecule has 1 aromatic carbocycles. The molecule has 4 heteroatoms. The Hall–Kier alpha value is -1.94. The summed E-state index contributed by atoms with van der Waals surface area (Å²) in [6.45, 7) is 2.84. The Kier molecular flexibility index (Phi) is 3.88. The summed E-state index contributed by atoms with van der Waals surface area (Å²) in [5, 5.41) is 2.24. The normalized spacial score (nSPS) is 22.8. The molecule has 0 bridgehead atoms. The molecule has 2 aromatic rings. The van der Waals surface area contributed by atoms with Crippen LogP contribution in [-0.4, -0.2) is 28.4 Å². The average Bonchev–Trinajstić information content (AvgIpc) is 2.51. The van der Waals surface area contributed by atoms with Crippen LogP contribution in [0.1, 0.15) is 37.8 Å². The summed E-state index contributed by atoms with van der Waals surface area (Å²) >= 11 is 0. The van der Waals surface area contributed by atoms with Crippen molar-refractivity contribution in [1.29, 1.82) is 0 Å². The summed E-state index contributed by atoms with van der Waals surface area (Å²) in [4.78, 5) is 18.6. The van der Waals surface area contributed by atoms with Gasteiger partial charge in [-0.2, -0.15) is 0 Å². The highest BCUT2D eigenvalue weighted by molar-refractivity contribution is 5.86. The third-order valence-electron chi connectivity index (χ3n) is 4.24. The maximum atomic E-state index is 12.3. The van der Waals surface area contributed by atoms with Crippen LogP contribution in [0.2, 0.25) is 0 Å². The molecule has 1 aliphatic heterocycles. The smallest absolute Gasteiger partial charge is 0.223 e. The summed E-state index contributed by atoms with van der Waals surface area (Å²) in [6.07, 6.45) is 5.96. The van der Waals surface area contributed by atoms with Gasteiger partial charge < -0.3 is 10.6 Å². The summed E-state index contributed by atoms with van der Waals surface area (Å²) < 4.78 is 0. The van der Waals surface area contributed by atoms with Gasteiger partial charge in [0.2, 0.25) is 5.91 Å². The van der Waals surface area contributed by atoms with E-state index >= 15 is 0 Å². The summed E-state index contributed by atoms with van der Waals surface area (Å²) in [5.74, 6) is 0.205. The number of nitrogens with two attached hydrogens (primary N) is 1. The molecule has 4 nitrogen and oxygen atoms in total. The fraction of sp³-hybridized carbons (Fsp3) is 0.412. The number of hydrogen-bond donors (Lipinski definition) is 1. The Bertz CT molecular complexity index is 650. The van der Waals surface area contributed by atoms with Crippen LogP contribution in [0.4, 0.5) is 0 Å². The van der Waals surface area contributed by atoms with Crippen molar-refractivity contribution < 1.29 is 4.79 Å². The van der Waals surface area contributed by atoms with Crippen molar-refractivity contribution in [3.05, 3.63) is 42.2 Å². The van der Waals surface area contributed by atoms with Crippen molar-refractivity contribution in [2.45, 2.75) is 38.3 Å². The van der Waals surface area contributed by atoms with Gasteiger partial charge in [-0.05, 0) is 18.2 Å². The zero-order chi connectivity index (χ0) is 14.8. The lowest BCUT2D eigenvalue weighted by Crippen LogP contribution is -2.49. The minimum Gasteiger partial charge on any atom is -0.334 e. The number of benzene rings is 1. The number of hydrogen-bond acceptors (Lipinski definition) is 3. The third-order valence-corrected chi connectivity index (χ3v) is 4.24. The van der Waals surface area contributed by atoms with Gasteiger partial charge in [0.25, 0.3) is 0 Å². The third kappa shape index (κ3) is 2.51. The van der Waals surface area contributed by atoms with Crippen LogP contribution in [0, 0.1) is 0 Å². The molecule has 110 valence electrons. The molecule has 3 rings (SSSR count). The summed E-state index contributed by atoms with van der Waals surface area (Å²) in [6, 6.07) is 8.07. The first-order valence-corrected chi connectivity index (χ1v) is 7.60. The van der Waals surface area contributed by atoms with Gasteiger partial charge in [-0.15, -0.1) is 0 Å². The Balaban J connectivity index is 2.11. The standard InChI is InChI=1S/C17H21N3O/c1-2-9-20-16(21)8-7-15(18)17(20)14-11-19-10-12-5-3-4-6-13(12)14/h3-6,10-11,15,17H,2,7-9,18H2,1H3. The summed E-state index contributed by atoms with van der Waals surface area (Å²) in [5.41, 5.74) is 7.43. The number of amides is 1. The number of fused-ring (bicyclic) bond motifs is 1. The first-order chi connectivity index (χ1) is 10.2. The highest BCUT2D eigenvalue weighted by atomic mass is 16.2. The monoisotopic (exact) mass is 283 g/mol. The zero-order valence-corrected chi connectivity index (χ0v) is 12.3. The van der Waals surface area contributed by atoms with Crippen LogP contribution < -0.4 is 5.73 Å². The minimum atomic E-state index is -0.0650. The Labute approximate surface area is 125 Å². The zero-order valence-electron chi connectivity index (χ0n) is 12.3. The van der Waals surface area contributed by atoms with E-state index in [0.717, 1.165) is 35.7 Å². The van der Waals surface area contributed by atoms with Gasteiger partial charge >= 0.3 is 0 Å². The number of piperidine rings is 1. The van der Waals surface area contributed by atoms with E-state index in [2.05, 4.69) is 18.0 Å². The minimum absolute atomic E-state index is 0.0261. The second-order valence-corrected chi connectivity index (χ2v) is 5.68. The van der Waals surface area contributed by atoms with E-state index in [0.29, 0.717) is 6.42 Å². The fourth-order valence-corrected chi connectivity index (χ4v) is 3.26. The first kappa shape index (κ1) is 14.0. The van der Waals surface area contributed by atoms with Crippen LogP contribution in [-0.2, 0) is 4.79 Å². The molecule has 21 heavy (non-hydrogen) atoms. The lowest BCUT2D eigenvalue weighted by Gasteiger charge is -2.40. The topological polar surface area (TPSA) is 59.2 Å². The Morgan fingerprint density at radius 2 is 2.14 bits per heavy atom. The summed E-state index contributed by atoms with van der Waals surface area (Å²) in [7, 11) is 0. The number of rotatable bonds is 3. The van der Waals surface area contributed by atoms with Crippen LogP contribution in [0.5, 0.6) is 0 Å². The molecule has 0 saturated carbocycles. The molecule has 1 amide bonds. The predicted octanol–water partition coefficient (Wildman–Crippen LogP) is 2.64. The molecule has 0 radical (unpaired) electrons. The van der Waals surface area contributed by atoms with Crippen molar-refractivity contribution in [3.8, 4) is 0 Å². The second-order valence-electron chi connectivity index (χ2n) is 5.68. The van der Waals surface area contributed by atoms with Gasteiger partial charge in [-0.3, -0.25) is 9.78 Å². The largest absolute Gasteiger partial charge is 0.334 e. The van der Waals surface area contributed by atoms with E-state index in [9.17, 15) is 4.79 Å². The van der Waals surface area contributed by atoms with Gasteiger partial charge in [0, 0.05) is 42.4 Å². The SMILES string of the molecule is CCCN1C(=O)CCC(N)C1c1cncc2ccccc12. The highest BCUT2D eigenvalue weighted by Gasteiger charge is 2.35. The van der Waals surface area contributed by atoms with E-state index in [4.69, 9.17) is 5.73 Å². The number of carbonyl (C=O) groups excluding carboxylic acids is 1. The lowest BCUT2D eigenvalue weighted by atomic mass is 9.89. The molecule has 1 aliphatic rings. The predicted molar refractivity (Wildman–Crippen MR) is 83.7 cm³/mol. The first-order valence-electron chi connectivity index (χ1n) is 7.60. The van der Waals surface area contributed by atoms with Gasteiger partial charge in [0.15, 0.2) is 0 Å². The number of aromatic nitrogens is 1. The van der Waals surface area contributed by atoms with Crippen LogP contribution in [0.15, 0.2) is 36.7 Å². The second kappa shape index (κ2) is 5.82. The van der Waals surface area contributed by atoms with E-state index in [-0.39, 0.29) is 18.0 Å². The van der Waals surface area contributed by atoms with Crippen LogP contribution in [0.3, 0.4) is 0 Å². The highest BCUT2D eigenvalue weighted by Crippen LogP contribution is 2.34. The van der Waals surface area contributed by atoms with E-state index < -0.39 is 0 Å². The molecular formula is C17H21N3O. The number of carbonyl (C=O) groups is 1. The molecule has 2 N–H and O–H groups in total. The van der Waals surface area contributed by atoms with Crippen molar-refractivity contribution in [2.75, 3.05) is 6.54 Å².